The van der Waals surface area contributed by atoms with Crippen molar-refractivity contribution < 1.29 is 0 Å². The van der Waals surface area contributed by atoms with Crippen LogP contribution in [0.2, 0.25) is 5.02 Å². The van der Waals surface area contributed by atoms with E-state index < -0.39 is 0 Å². The van der Waals surface area contributed by atoms with Gasteiger partial charge in [-0.25, -0.2) is 0 Å². The summed E-state index contributed by atoms with van der Waals surface area (Å²) in [5.74, 6) is 0. The average molecular weight is 323 g/mol. The van der Waals surface area contributed by atoms with Crippen molar-refractivity contribution in [3.63, 3.8) is 0 Å². The molecule has 1 aromatic heterocycles. The molecule has 0 aliphatic heterocycles. The van der Waals surface area contributed by atoms with Crippen LogP contribution in [0.4, 0.5) is 5.69 Å². The third kappa shape index (κ3) is 3.91. The second-order valence-corrected chi connectivity index (χ2v) is 5.99. The maximum atomic E-state index is 6.04. The largest absolute Gasteiger partial charge is 0.360 e. The lowest BCUT2D eigenvalue weighted by molar-refractivity contribution is 0.667. The van der Waals surface area contributed by atoms with E-state index >= 15 is 0 Å². The lowest BCUT2D eigenvalue weighted by Gasteiger charge is -2.32. The Kier molecular flexibility index (Phi) is 4.94. The van der Waals surface area contributed by atoms with Crippen molar-refractivity contribution in [1.82, 2.24) is 4.98 Å². The highest BCUT2D eigenvalue weighted by molar-refractivity contribution is 6.30. The SMILES string of the molecule is CC(c1cccnc1)N(Cc1ccccc1)c1ccc(Cl)cc1. The van der Waals surface area contributed by atoms with Gasteiger partial charge >= 0.3 is 0 Å². The van der Waals surface area contributed by atoms with Crippen LogP contribution >= 0.6 is 11.6 Å². The fraction of sp³-hybridized carbons (Fsp3) is 0.150. The normalized spacial score (nSPS) is 11.9. The third-order valence-electron chi connectivity index (χ3n) is 3.99. The van der Waals surface area contributed by atoms with Gasteiger partial charge in [0.05, 0.1) is 6.04 Å². The molecule has 0 spiro atoms. The molecule has 1 atom stereocenters. The molecule has 23 heavy (non-hydrogen) atoms. The van der Waals surface area contributed by atoms with Crippen molar-refractivity contribution in [3.05, 3.63) is 95.3 Å². The second-order valence-electron chi connectivity index (χ2n) is 5.55. The maximum absolute atomic E-state index is 6.04. The smallest absolute Gasteiger partial charge is 0.0533 e. The van der Waals surface area contributed by atoms with Crippen molar-refractivity contribution in [2.24, 2.45) is 0 Å². The Balaban J connectivity index is 1.94. The van der Waals surface area contributed by atoms with Crippen molar-refractivity contribution in [1.29, 1.82) is 0 Å². The van der Waals surface area contributed by atoms with E-state index in [1.807, 2.05) is 30.5 Å². The molecule has 1 unspecified atom stereocenters. The zero-order valence-corrected chi connectivity index (χ0v) is 13.8. The Morgan fingerprint density at radius 3 is 2.35 bits per heavy atom. The summed E-state index contributed by atoms with van der Waals surface area (Å²) in [4.78, 5) is 6.62. The van der Waals surface area contributed by atoms with Gasteiger partial charge in [-0.2, -0.15) is 0 Å². The predicted molar refractivity (Wildman–Crippen MR) is 96.7 cm³/mol. The molecule has 0 N–H and O–H groups in total. The number of rotatable bonds is 5. The van der Waals surface area contributed by atoms with Crippen LogP contribution in [0.15, 0.2) is 79.1 Å². The summed E-state index contributed by atoms with van der Waals surface area (Å²) in [6.07, 6.45) is 3.73. The van der Waals surface area contributed by atoms with Crippen LogP contribution in [-0.2, 0) is 6.54 Å². The minimum atomic E-state index is 0.213. The van der Waals surface area contributed by atoms with Gasteiger partial charge in [-0.15, -0.1) is 0 Å². The second kappa shape index (κ2) is 7.30. The number of hydrogen-bond donors (Lipinski definition) is 0. The highest BCUT2D eigenvalue weighted by Crippen LogP contribution is 2.29. The van der Waals surface area contributed by atoms with Gasteiger partial charge < -0.3 is 4.90 Å². The standard InChI is InChI=1S/C20H19ClN2/c1-16(18-8-5-13-22-14-18)23(15-17-6-3-2-4-7-17)20-11-9-19(21)10-12-20/h2-14,16H,15H2,1H3. The molecular weight excluding hydrogens is 304 g/mol. The Bertz CT molecular complexity index is 727. The van der Waals surface area contributed by atoms with Gasteiger partial charge in [-0.3, -0.25) is 4.98 Å². The fourth-order valence-electron chi connectivity index (χ4n) is 2.67. The highest BCUT2D eigenvalue weighted by atomic mass is 35.5. The molecule has 0 amide bonds. The van der Waals surface area contributed by atoms with E-state index in [1.54, 1.807) is 6.20 Å². The van der Waals surface area contributed by atoms with Gasteiger partial charge in [0, 0.05) is 29.6 Å². The molecule has 3 rings (SSSR count). The van der Waals surface area contributed by atoms with E-state index in [-0.39, 0.29) is 6.04 Å². The summed E-state index contributed by atoms with van der Waals surface area (Å²) in [5, 5.41) is 0.752. The predicted octanol–water partition coefficient (Wildman–Crippen LogP) is 5.50. The first kappa shape index (κ1) is 15.6. The maximum Gasteiger partial charge on any atom is 0.0533 e. The van der Waals surface area contributed by atoms with Crippen LogP contribution in [0.3, 0.4) is 0 Å². The molecule has 0 aliphatic carbocycles. The van der Waals surface area contributed by atoms with Crippen molar-refractivity contribution >= 4 is 17.3 Å². The minimum absolute atomic E-state index is 0.213. The molecule has 2 aromatic carbocycles. The number of halogens is 1. The summed E-state index contributed by atoms with van der Waals surface area (Å²) in [5.41, 5.74) is 3.62. The van der Waals surface area contributed by atoms with Gasteiger partial charge in [-0.05, 0) is 48.4 Å². The number of pyridine rings is 1. The monoisotopic (exact) mass is 322 g/mol. The van der Waals surface area contributed by atoms with Gasteiger partial charge in [0.15, 0.2) is 0 Å². The fourth-order valence-corrected chi connectivity index (χ4v) is 2.79. The first-order valence-corrected chi connectivity index (χ1v) is 8.08. The van der Waals surface area contributed by atoms with Crippen LogP contribution in [-0.4, -0.2) is 4.98 Å². The van der Waals surface area contributed by atoms with E-state index in [0.29, 0.717) is 0 Å². The summed E-state index contributed by atoms with van der Waals surface area (Å²) in [6, 6.07) is 22.8. The highest BCUT2D eigenvalue weighted by Gasteiger charge is 2.17. The molecule has 0 fully saturated rings. The van der Waals surface area contributed by atoms with E-state index in [4.69, 9.17) is 11.6 Å². The van der Waals surface area contributed by atoms with Gasteiger partial charge in [0.2, 0.25) is 0 Å². The van der Waals surface area contributed by atoms with Crippen LogP contribution in [0.1, 0.15) is 24.1 Å². The molecular formula is C20H19ClN2. The molecule has 0 bridgehead atoms. The first-order valence-electron chi connectivity index (χ1n) is 7.70. The van der Waals surface area contributed by atoms with Crippen LogP contribution in [0, 0.1) is 0 Å². The van der Waals surface area contributed by atoms with Crippen LogP contribution in [0.25, 0.3) is 0 Å². The molecule has 0 aliphatic rings. The number of nitrogens with zero attached hydrogens (tertiary/aromatic N) is 2. The van der Waals surface area contributed by atoms with Crippen molar-refractivity contribution in [2.45, 2.75) is 19.5 Å². The lowest BCUT2D eigenvalue weighted by atomic mass is 10.1. The summed E-state index contributed by atoms with van der Waals surface area (Å²) >= 11 is 6.04. The van der Waals surface area contributed by atoms with Crippen LogP contribution < -0.4 is 4.90 Å². The van der Waals surface area contributed by atoms with Crippen LogP contribution in [0.5, 0.6) is 0 Å². The Morgan fingerprint density at radius 1 is 0.957 bits per heavy atom. The molecule has 3 aromatic rings. The topological polar surface area (TPSA) is 16.1 Å². The minimum Gasteiger partial charge on any atom is -0.360 e. The summed E-state index contributed by atoms with van der Waals surface area (Å²) in [6.45, 7) is 3.03. The van der Waals surface area contributed by atoms with Crippen molar-refractivity contribution in [2.75, 3.05) is 4.90 Å². The van der Waals surface area contributed by atoms with Gasteiger partial charge in [-0.1, -0.05) is 48.0 Å². The Morgan fingerprint density at radius 2 is 1.70 bits per heavy atom. The zero-order valence-electron chi connectivity index (χ0n) is 13.1. The summed E-state index contributed by atoms with van der Waals surface area (Å²) < 4.78 is 0. The summed E-state index contributed by atoms with van der Waals surface area (Å²) in [7, 11) is 0. The Hall–Kier alpha value is -2.32. The zero-order chi connectivity index (χ0) is 16.1. The van der Waals surface area contributed by atoms with Gasteiger partial charge in [0.25, 0.3) is 0 Å². The van der Waals surface area contributed by atoms with E-state index in [9.17, 15) is 0 Å². The van der Waals surface area contributed by atoms with E-state index in [2.05, 4.69) is 59.3 Å². The molecule has 1 heterocycles. The number of hydrogen-bond acceptors (Lipinski definition) is 2. The number of benzene rings is 2. The number of anilines is 1. The Labute approximate surface area is 142 Å². The molecule has 2 nitrogen and oxygen atoms in total. The first-order chi connectivity index (χ1) is 11.2. The molecule has 3 heteroatoms. The lowest BCUT2D eigenvalue weighted by Crippen LogP contribution is -2.26. The number of aromatic nitrogens is 1. The quantitative estimate of drug-likeness (QED) is 0.616. The molecule has 116 valence electrons. The van der Waals surface area contributed by atoms with Crippen molar-refractivity contribution in [3.8, 4) is 0 Å². The molecule has 0 saturated carbocycles. The molecule has 0 radical (unpaired) electrons. The van der Waals surface area contributed by atoms with Gasteiger partial charge in [0.1, 0.15) is 0 Å². The average Bonchev–Trinajstić information content (AvgIpc) is 2.62. The molecule has 0 saturated heterocycles. The van der Waals surface area contributed by atoms with E-state index in [1.165, 1.54) is 11.1 Å². The third-order valence-corrected chi connectivity index (χ3v) is 4.24. The van der Waals surface area contributed by atoms with E-state index in [0.717, 1.165) is 17.3 Å².